The van der Waals surface area contributed by atoms with E-state index in [-0.39, 0.29) is 12.5 Å². The Morgan fingerprint density at radius 3 is 2.38 bits per heavy atom. The van der Waals surface area contributed by atoms with E-state index in [9.17, 15) is 10.1 Å². The van der Waals surface area contributed by atoms with Crippen LogP contribution in [0.3, 0.4) is 0 Å². The summed E-state index contributed by atoms with van der Waals surface area (Å²) in [6.07, 6.45) is 2.30. The van der Waals surface area contributed by atoms with Crippen LogP contribution in [0.4, 0.5) is 5.69 Å². The van der Waals surface area contributed by atoms with Crippen molar-refractivity contribution < 1.29 is 9.53 Å². The van der Waals surface area contributed by atoms with Crippen LogP contribution < -0.4 is 4.90 Å². The van der Waals surface area contributed by atoms with Crippen LogP contribution in [-0.2, 0) is 9.53 Å². The van der Waals surface area contributed by atoms with E-state index >= 15 is 0 Å². The number of para-hydroxylation sites is 1. The van der Waals surface area contributed by atoms with E-state index in [0.29, 0.717) is 6.42 Å². The molecule has 1 saturated heterocycles. The van der Waals surface area contributed by atoms with E-state index in [1.807, 2.05) is 60.7 Å². The molecule has 4 nitrogen and oxygen atoms in total. The highest BCUT2D eigenvalue weighted by Crippen LogP contribution is 2.48. The minimum atomic E-state index is -1.49. The standard InChI is InChI=1S/C20H18N2O2/c1-2-3-14-24-20(15-21)18(16-10-6-4-7-11-16)22(19(20)23)17-12-8-5-9-13-17/h2,4-13,18H,1,3,14H2/t18-,20-/m1/s1. The van der Waals surface area contributed by atoms with Gasteiger partial charge in [-0.2, -0.15) is 5.26 Å². The lowest BCUT2D eigenvalue weighted by molar-refractivity contribution is -0.153. The molecule has 24 heavy (non-hydrogen) atoms. The maximum atomic E-state index is 12.8. The molecule has 0 aliphatic carbocycles. The van der Waals surface area contributed by atoms with Gasteiger partial charge in [-0.1, -0.05) is 54.6 Å². The Balaban J connectivity index is 2.01. The van der Waals surface area contributed by atoms with Crippen molar-refractivity contribution in [2.75, 3.05) is 11.5 Å². The summed E-state index contributed by atoms with van der Waals surface area (Å²) in [5.41, 5.74) is 0.149. The first-order valence-corrected chi connectivity index (χ1v) is 7.84. The van der Waals surface area contributed by atoms with E-state index in [0.717, 1.165) is 11.3 Å². The predicted molar refractivity (Wildman–Crippen MR) is 92.2 cm³/mol. The number of carbonyl (C=O) groups is 1. The first-order valence-electron chi connectivity index (χ1n) is 7.84. The Morgan fingerprint density at radius 2 is 1.79 bits per heavy atom. The number of nitrogens with zero attached hydrogens (tertiary/aromatic N) is 2. The molecule has 2 aromatic carbocycles. The lowest BCUT2D eigenvalue weighted by Crippen LogP contribution is -2.69. The molecule has 1 fully saturated rings. The number of ether oxygens (including phenoxy) is 1. The average molecular weight is 318 g/mol. The highest BCUT2D eigenvalue weighted by Gasteiger charge is 2.64. The Hall–Kier alpha value is -2.90. The molecule has 120 valence electrons. The lowest BCUT2D eigenvalue weighted by Gasteiger charge is -2.51. The normalized spacial score (nSPS) is 22.5. The van der Waals surface area contributed by atoms with Crippen molar-refractivity contribution in [3.8, 4) is 6.07 Å². The molecular formula is C20H18N2O2. The van der Waals surface area contributed by atoms with Crippen molar-refractivity contribution in [1.82, 2.24) is 0 Å². The SMILES string of the molecule is C=CCCO[C@@]1(C#N)C(=O)N(c2ccccc2)[C@@H]1c1ccccc1. The summed E-state index contributed by atoms with van der Waals surface area (Å²) in [5.74, 6) is -0.325. The van der Waals surface area contributed by atoms with Crippen LogP contribution in [0.5, 0.6) is 0 Å². The maximum Gasteiger partial charge on any atom is 0.277 e. The van der Waals surface area contributed by atoms with E-state index in [1.54, 1.807) is 11.0 Å². The monoisotopic (exact) mass is 318 g/mol. The van der Waals surface area contributed by atoms with Crippen LogP contribution in [0.2, 0.25) is 0 Å². The lowest BCUT2D eigenvalue weighted by atomic mass is 9.78. The van der Waals surface area contributed by atoms with Gasteiger partial charge in [0.15, 0.2) is 0 Å². The van der Waals surface area contributed by atoms with Gasteiger partial charge in [-0.25, -0.2) is 0 Å². The minimum absolute atomic E-state index is 0.286. The molecule has 3 rings (SSSR count). The number of carbonyl (C=O) groups excluding carboxylic acids is 1. The summed E-state index contributed by atoms with van der Waals surface area (Å²) in [7, 11) is 0. The number of amides is 1. The van der Waals surface area contributed by atoms with Crippen LogP contribution >= 0.6 is 0 Å². The molecule has 2 atom stereocenters. The number of nitriles is 1. The number of benzene rings is 2. The predicted octanol–water partition coefficient (Wildman–Crippen LogP) is 3.63. The number of hydrogen-bond donors (Lipinski definition) is 0. The van der Waals surface area contributed by atoms with Crippen LogP contribution in [0.15, 0.2) is 73.3 Å². The Bertz CT molecular complexity index is 767. The summed E-state index contributed by atoms with van der Waals surface area (Å²) in [6, 6.07) is 20.5. The third-order valence-electron chi connectivity index (χ3n) is 4.15. The zero-order valence-electron chi connectivity index (χ0n) is 13.3. The van der Waals surface area contributed by atoms with E-state index < -0.39 is 11.6 Å². The summed E-state index contributed by atoms with van der Waals surface area (Å²) >= 11 is 0. The Kier molecular flexibility index (Phi) is 4.45. The van der Waals surface area contributed by atoms with Crippen molar-refractivity contribution in [3.05, 3.63) is 78.9 Å². The van der Waals surface area contributed by atoms with Gasteiger partial charge in [-0.05, 0) is 24.1 Å². The number of hydrogen-bond acceptors (Lipinski definition) is 3. The molecular weight excluding hydrogens is 300 g/mol. The average Bonchev–Trinajstić information content (AvgIpc) is 2.64. The summed E-state index contributed by atoms with van der Waals surface area (Å²) < 4.78 is 5.76. The quantitative estimate of drug-likeness (QED) is 0.464. The number of β-lactam (4-membered cyclic amide) rings is 1. The second-order valence-corrected chi connectivity index (χ2v) is 5.60. The molecule has 0 unspecified atom stereocenters. The molecule has 1 aliphatic heterocycles. The van der Waals surface area contributed by atoms with E-state index in [2.05, 4.69) is 12.6 Å². The zero-order valence-corrected chi connectivity index (χ0v) is 13.3. The Labute approximate surface area is 141 Å². The third-order valence-corrected chi connectivity index (χ3v) is 4.15. The molecule has 1 amide bonds. The smallest absolute Gasteiger partial charge is 0.277 e. The van der Waals surface area contributed by atoms with Gasteiger partial charge in [0.1, 0.15) is 12.1 Å². The van der Waals surface area contributed by atoms with Crippen molar-refractivity contribution >= 4 is 11.6 Å². The number of rotatable bonds is 6. The van der Waals surface area contributed by atoms with Gasteiger partial charge in [0.05, 0.1) is 6.61 Å². The second kappa shape index (κ2) is 6.69. The van der Waals surface area contributed by atoms with Gasteiger partial charge in [-0.15, -0.1) is 6.58 Å². The van der Waals surface area contributed by atoms with Gasteiger partial charge in [0.2, 0.25) is 0 Å². The fourth-order valence-corrected chi connectivity index (χ4v) is 2.99. The van der Waals surface area contributed by atoms with Gasteiger partial charge in [0, 0.05) is 5.69 Å². The van der Waals surface area contributed by atoms with Gasteiger partial charge in [-0.3, -0.25) is 9.69 Å². The fourth-order valence-electron chi connectivity index (χ4n) is 2.99. The van der Waals surface area contributed by atoms with E-state index in [4.69, 9.17) is 4.74 Å². The van der Waals surface area contributed by atoms with Gasteiger partial charge >= 0.3 is 0 Å². The van der Waals surface area contributed by atoms with Gasteiger partial charge < -0.3 is 4.74 Å². The van der Waals surface area contributed by atoms with Crippen molar-refractivity contribution in [1.29, 1.82) is 5.26 Å². The van der Waals surface area contributed by atoms with Gasteiger partial charge in [0.25, 0.3) is 11.5 Å². The molecule has 0 aromatic heterocycles. The van der Waals surface area contributed by atoms with Crippen molar-refractivity contribution in [2.45, 2.75) is 18.1 Å². The fraction of sp³-hybridized carbons (Fsp3) is 0.200. The van der Waals surface area contributed by atoms with Crippen LogP contribution in [0.1, 0.15) is 18.0 Å². The van der Waals surface area contributed by atoms with Crippen LogP contribution in [0, 0.1) is 11.3 Å². The topological polar surface area (TPSA) is 53.3 Å². The highest BCUT2D eigenvalue weighted by atomic mass is 16.5. The molecule has 0 N–H and O–H groups in total. The van der Waals surface area contributed by atoms with Crippen LogP contribution in [-0.4, -0.2) is 18.1 Å². The largest absolute Gasteiger partial charge is 0.350 e. The summed E-state index contributed by atoms with van der Waals surface area (Å²) in [6.45, 7) is 3.94. The molecule has 1 heterocycles. The maximum absolute atomic E-state index is 12.8. The molecule has 0 spiro atoms. The summed E-state index contributed by atoms with van der Waals surface area (Å²) in [5, 5.41) is 9.75. The van der Waals surface area contributed by atoms with Crippen LogP contribution in [0.25, 0.3) is 0 Å². The third kappa shape index (κ3) is 2.49. The highest BCUT2D eigenvalue weighted by molar-refractivity contribution is 6.10. The molecule has 1 aliphatic rings. The molecule has 0 radical (unpaired) electrons. The first-order chi connectivity index (χ1) is 11.7. The number of anilines is 1. The first kappa shape index (κ1) is 16.0. The molecule has 0 bridgehead atoms. The summed E-state index contributed by atoms with van der Waals surface area (Å²) in [4.78, 5) is 14.5. The molecule has 2 aromatic rings. The second-order valence-electron chi connectivity index (χ2n) is 5.60. The van der Waals surface area contributed by atoms with E-state index in [1.165, 1.54) is 0 Å². The molecule has 0 saturated carbocycles. The molecule has 4 heteroatoms. The van der Waals surface area contributed by atoms with Crippen molar-refractivity contribution in [2.24, 2.45) is 0 Å². The Morgan fingerprint density at radius 1 is 1.17 bits per heavy atom. The van der Waals surface area contributed by atoms with Crippen molar-refractivity contribution in [3.63, 3.8) is 0 Å². The minimum Gasteiger partial charge on any atom is -0.350 e. The zero-order chi connectivity index (χ0) is 17.0.